The van der Waals surface area contributed by atoms with E-state index in [1.54, 1.807) is 19.5 Å². The number of nitrogens with one attached hydrogen (secondary N) is 1. The average Bonchev–Trinajstić information content (AvgIpc) is 2.62. The molecule has 1 aromatic heterocycles. The van der Waals surface area contributed by atoms with Gasteiger partial charge in [-0.25, -0.2) is 0 Å². The Morgan fingerprint density at radius 1 is 1.09 bits per heavy atom. The maximum Gasteiger partial charge on any atom is 0.121 e. The molecule has 0 unspecified atom stereocenters. The van der Waals surface area contributed by atoms with E-state index in [0.29, 0.717) is 0 Å². The van der Waals surface area contributed by atoms with E-state index in [-0.39, 0.29) is 0 Å². The van der Waals surface area contributed by atoms with Crippen LogP contribution in [0.15, 0.2) is 72.0 Å². The first-order valence-electron chi connectivity index (χ1n) is 7.30. The third kappa shape index (κ3) is 3.74. The second-order valence-electron chi connectivity index (χ2n) is 4.90. The highest BCUT2D eigenvalue weighted by Gasteiger charge is 2.02. The molecule has 2 aromatic carbocycles. The Kier molecular flexibility index (Phi) is 4.64. The molecule has 0 radical (unpaired) electrons. The van der Waals surface area contributed by atoms with Crippen LogP contribution in [0.25, 0.3) is 17.0 Å². The van der Waals surface area contributed by atoms with Gasteiger partial charge in [-0.05, 0) is 29.8 Å². The molecule has 0 aliphatic rings. The van der Waals surface area contributed by atoms with E-state index in [1.807, 2.05) is 66.7 Å². The summed E-state index contributed by atoms with van der Waals surface area (Å²) in [6, 6.07) is 17.8. The van der Waals surface area contributed by atoms with Crippen LogP contribution in [-0.4, -0.2) is 18.3 Å². The lowest BCUT2D eigenvalue weighted by atomic mass is 10.2. The maximum absolute atomic E-state index is 5.22. The summed E-state index contributed by atoms with van der Waals surface area (Å²) in [7, 11) is 1.65. The first-order chi connectivity index (χ1) is 11.4. The molecule has 114 valence electrons. The summed E-state index contributed by atoms with van der Waals surface area (Å²) < 4.78 is 5.22. The number of rotatable bonds is 5. The summed E-state index contributed by atoms with van der Waals surface area (Å²) in [5.41, 5.74) is 5.96. The lowest BCUT2D eigenvalue weighted by Gasteiger charge is -2.06. The van der Waals surface area contributed by atoms with Crippen molar-refractivity contribution in [3.05, 3.63) is 72.4 Å². The number of nitrogens with zero attached hydrogens (tertiary/aromatic N) is 2. The Bertz CT molecular complexity index is 842. The molecule has 0 aliphatic carbocycles. The fraction of sp³-hybridized carbons (Fsp3) is 0.0526. The Labute approximate surface area is 135 Å². The molecule has 4 nitrogen and oxygen atoms in total. The van der Waals surface area contributed by atoms with Crippen LogP contribution in [-0.2, 0) is 0 Å². The molecule has 0 saturated heterocycles. The van der Waals surface area contributed by atoms with Crippen molar-refractivity contribution in [1.29, 1.82) is 0 Å². The average molecular weight is 303 g/mol. The zero-order valence-corrected chi connectivity index (χ0v) is 12.8. The van der Waals surface area contributed by atoms with Crippen LogP contribution >= 0.6 is 0 Å². The van der Waals surface area contributed by atoms with E-state index in [4.69, 9.17) is 4.74 Å². The topological polar surface area (TPSA) is 46.5 Å². The van der Waals surface area contributed by atoms with Gasteiger partial charge in [0.2, 0.25) is 0 Å². The van der Waals surface area contributed by atoms with Crippen molar-refractivity contribution in [2.45, 2.75) is 0 Å². The van der Waals surface area contributed by atoms with Gasteiger partial charge >= 0.3 is 0 Å². The number of hydrazone groups is 1. The summed E-state index contributed by atoms with van der Waals surface area (Å²) in [6.07, 6.45) is 7.37. The molecule has 1 heterocycles. The van der Waals surface area contributed by atoms with Gasteiger partial charge in [-0.2, -0.15) is 5.10 Å². The predicted molar refractivity (Wildman–Crippen MR) is 95.9 cm³/mol. The van der Waals surface area contributed by atoms with Gasteiger partial charge in [-0.15, -0.1) is 0 Å². The Balaban J connectivity index is 1.72. The molecule has 23 heavy (non-hydrogen) atoms. The van der Waals surface area contributed by atoms with E-state index in [9.17, 15) is 0 Å². The Hall–Kier alpha value is -3.14. The van der Waals surface area contributed by atoms with Crippen LogP contribution in [0.4, 0.5) is 5.69 Å². The van der Waals surface area contributed by atoms with Gasteiger partial charge in [-0.3, -0.25) is 10.4 Å². The summed E-state index contributed by atoms with van der Waals surface area (Å²) in [6.45, 7) is 0. The molecule has 3 aromatic rings. The van der Waals surface area contributed by atoms with Crippen LogP contribution in [0.5, 0.6) is 5.75 Å². The second kappa shape index (κ2) is 7.22. The molecule has 0 amide bonds. The fourth-order valence-corrected chi connectivity index (χ4v) is 2.22. The van der Waals surface area contributed by atoms with Gasteiger partial charge in [0.15, 0.2) is 0 Å². The van der Waals surface area contributed by atoms with Crippen LogP contribution in [0.1, 0.15) is 5.56 Å². The minimum atomic E-state index is 0.788. The van der Waals surface area contributed by atoms with Crippen molar-refractivity contribution in [3.63, 3.8) is 0 Å². The van der Waals surface area contributed by atoms with Crippen molar-refractivity contribution in [1.82, 2.24) is 4.98 Å². The smallest absolute Gasteiger partial charge is 0.121 e. The van der Waals surface area contributed by atoms with E-state index in [2.05, 4.69) is 15.5 Å². The summed E-state index contributed by atoms with van der Waals surface area (Å²) in [5, 5.41) is 5.23. The third-order valence-electron chi connectivity index (χ3n) is 3.38. The molecular formula is C19H17N3O. The number of anilines is 1. The molecular weight excluding hydrogens is 286 g/mol. The van der Waals surface area contributed by atoms with Gasteiger partial charge in [0.1, 0.15) is 5.75 Å². The van der Waals surface area contributed by atoms with Gasteiger partial charge in [0.25, 0.3) is 0 Å². The monoisotopic (exact) mass is 303 g/mol. The largest absolute Gasteiger partial charge is 0.497 e. The van der Waals surface area contributed by atoms with Crippen LogP contribution in [0.3, 0.4) is 0 Å². The lowest BCUT2D eigenvalue weighted by molar-refractivity contribution is 0.415. The molecule has 1 N–H and O–H groups in total. The van der Waals surface area contributed by atoms with Crippen LogP contribution in [0.2, 0.25) is 0 Å². The number of hydrogen-bond donors (Lipinski definition) is 1. The number of methoxy groups -OCH3 is 1. The molecule has 3 rings (SSSR count). The van der Waals surface area contributed by atoms with Gasteiger partial charge in [0.05, 0.1) is 18.3 Å². The third-order valence-corrected chi connectivity index (χ3v) is 3.38. The number of benzene rings is 2. The van der Waals surface area contributed by atoms with Crippen molar-refractivity contribution in [3.8, 4) is 5.75 Å². The SMILES string of the molecule is COc1ccc2c(N/N=C/C=C/c3ccccc3)ccnc2c1. The molecule has 0 atom stereocenters. The van der Waals surface area contributed by atoms with Crippen molar-refractivity contribution in [2.24, 2.45) is 5.10 Å². The maximum atomic E-state index is 5.22. The van der Waals surface area contributed by atoms with Crippen LogP contribution in [0, 0.1) is 0 Å². The second-order valence-corrected chi connectivity index (χ2v) is 4.90. The standard InChI is InChI=1S/C19H17N3O/c1-23-16-9-10-17-18(11-13-20-19(17)14-16)22-21-12-5-8-15-6-3-2-4-7-15/h2-14H,1H3,(H,20,22)/b8-5+,21-12+. The quantitative estimate of drug-likeness (QED) is 0.563. The Morgan fingerprint density at radius 3 is 2.78 bits per heavy atom. The van der Waals surface area contributed by atoms with Gasteiger partial charge in [0, 0.05) is 23.9 Å². The summed E-state index contributed by atoms with van der Waals surface area (Å²) in [4.78, 5) is 4.35. The molecule has 0 spiro atoms. The number of ether oxygens (including phenoxy) is 1. The summed E-state index contributed by atoms with van der Waals surface area (Å²) >= 11 is 0. The molecule has 0 fully saturated rings. The van der Waals surface area contributed by atoms with Crippen molar-refractivity contribution in [2.75, 3.05) is 12.5 Å². The molecule has 4 heteroatoms. The highest BCUT2D eigenvalue weighted by atomic mass is 16.5. The number of hydrogen-bond acceptors (Lipinski definition) is 4. The molecule has 0 aliphatic heterocycles. The van der Waals surface area contributed by atoms with Gasteiger partial charge in [-0.1, -0.05) is 36.4 Å². The molecule has 0 bridgehead atoms. The van der Waals surface area contributed by atoms with Crippen LogP contribution < -0.4 is 10.2 Å². The zero-order valence-electron chi connectivity index (χ0n) is 12.8. The van der Waals surface area contributed by atoms with E-state index in [0.717, 1.165) is 27.9 Å². The number of pyridine rings is 1. The van der Waals surface area contributed by atoms with Crippen molar-refractivity contribution < 1.29 is 4.74 Å². The molecule has 0 saturated carbocycles. The number of aromatic nitrogens is 1. The van der Waals surface area contributed by atoms with Gasteiger partial charge < -0.3 is 4.74 Å². The minimum absolute atomic E-state index is 0.788. The number of allylic oxidation sites excluding steroid dienone is 1. The van der Waals surface area contributed by atoms with E-state index in [1.165, 1.54) is 0 Å². The van der Waals surface area contributed by atoms with Crippen molar-refractivity contribution >= 4 is 28.9 Å². The van der Waals surface area contributed by atoms with E-state index >= 15 is 0 Å². The normalized spacial score (nSPS) is 11.3. The fourth-order valence-electron chi connectivity index (χ4n) is 2.22. The first-order valence-corrected chi connectivity index (χ1v) is 7.30. The predicted octanol–water partition coefficient (Wildman–Crippen LogP) is 4.35. The minimum Gasteiger partial charge on any atom is -0.497 e. The summed E-state index contributed by atoms with van der Waals surface area (Å²) in [5.74, 6) is 0.788. The van der Waals surface area contributed by atoms with E-state index < -0.39 is 0 Å². The lowest BCUT2D eigenvalue weighted by Crippen LogP contribution is -1.92. The Morgan fingerprint density at radius 2 is 1.96 bits per heavy atom. The highest BCUT2D eigenvalue weighted by molar-refractivity contribution is 5.92. The number of fused-ring (bicyclic) bond motifs is 1. The first kappa shape index (κ1) is 14.8. The highest BCUT2D eigenvalue weighted by Crippen LogP contribution is 2.25. The zero-order chi connectivity index (χ0) is 15.9.